The van der Waals surface area contributed by atoms with E-state index in [2.05, 4.69) is 5.10 Å². The molecule has 8 heteroatoms. The Balaban J connectivity index is 2.05. The number of carbonyl (C=O) groups excluding carboxylic acids is 1. The molecule has 0 unspecified atom stereocenters. The SMILES string of the molecule is CN(C)C=C1C(=O)N(c2ccc(Cl)cc2)N=C1c1cccc(SC(F)F)c1. The number of benzene rings is 2. The van der Waals surface area contributed by atoms with Gasteiger partial charge in [0.1, 0.15) is 5.71 Å². The van der Waals surface area contributed by atoms with E-state index in [9.17, 15) is 13.6 Å². The van der Waals surface area contributed by atoms with Crippen molar-refractivity contribution in [2.24, 2.45) is 5.10 Å². The molecule has 2 aromatic rings. The molecule has 0 spiro atoms. The lowest BCUT2D eigenvalue weighted by molar-refractivity contribution is -0.114. The molecule has 1 heterocycles. The quantitative estimate of drug-likeness (QED) is 0.525. The van der Waals surface area contributed by atoms with Crippen molar-refractivity contribution in [3.63, 3.8) is 0 Å². The molecular weight excluding hydrogens is 392 g/mol. The first-order valence-corrected chi connectivity index (χ1v) is 9.23. The molecule has 0 aromatic heterocycles. The molecule has 140 valence electrons. The Labute approximate surface area is 165 Å². The summed E-state index contributed by atoms with van der Waals surface area (Å²) in [5.41, 5.74) is 1.98. The maximum atomic E-state index is 12.9. The summed E-state index contributed by atoms with van der Waals surface area (Å²) in [5, 5.41) is 6.30. The van der Waals surface area contributed by atoms with Crippen molar-refractivity contribution >= 4 is 40.7 Å². The minimum absolute atomic E-state index is 0.298. The van der Waals surface area contributed by atoms with Gasteiger partial charge in [0, 0.05) is 35.8 Å². The van der Waals surface area contributed by atoms with Crippen LogP contribution in [0.2, 0.25) is 5.02 Å². The molecule has 1 amide bonds. The van der Waals surface area contributed by atoms with Crippen molar-refractivity contribution in [3.8, 4) is 0 Å². The summed E-state index contributed by atoms with van der Waals surface area (Å²) in [6.45, 7) is 0. The number of hydrogen-bond donors (Lipinski definition) is 0. The molecule has 0 aliphatic carbocycles. The minimum atomic E-state index is -2.52. The van der Waals surface area contributed by atoms with E-state index in [1.54, 1.807) is 73.7 Å². The third-order valence-corrected chi connectivity index (χ3v) is 4.63. The molecule has 0 atom stereocenters. The molecule has 0 saturated heterocycles. The van der Waals surface area contributed by atoms with E-state index in [0.29, 0.717) is 44.2 Å². The Kier molecular flexibility index (Phi) is 5.82. The van der Waals surface area contributed by atoms with Gasteiger partial charge in [-0.15, -0.1) is 0 Å². The Morgan fingerprint density at radius 2 is 1.89 bits per heavy atom. The molecule has 1 aliphatic rings. The lowest BCUT2D eigenvalue weighted by Gasteiger charge is -2.12. The van der Waals surface area contributed by atoms with Crippen LogP contribution in [-0.4, -0.2) is 36.4 Å². The molecule has 4 nitrogen and oxygen atoms in total. The van der Waals surface area contributed by atoms with Gasteiger partial charge in [-0.1, -0.05) is 35.5 Å². The Morgan fingerprint density at radius 1 is 1.19 bits per heavy atom. The lowest BCUT2D eigenvalue weighted by Crippen LogP contribution is -2.22. The van der Waals surface area contributed by atoms with Crippen LogP contribution in [0.3, 0.4) is 0 Å². The number of rotatable bonds is 5. The fraction of sp³-hybridized carbons (Fsp3) is 0.158. The highest BCUT2D eigenvalue weighted by Crippen LogP contribution is 2.30. The molecule has 3 rings (SSSR count). The topological polar surface area (TPSA) is 35.9 Å². The minimum Gasteiger partial charge on any atom is -0.383 e. The van der Waals surface area contributed by atoms with Crippen molar-refractivity contribution in [1.82, 2.24) is 4.90 Å². The van der Waals surface area contributed by atoms with Gasteiger partial charge < -0.3 is 4.90 Å². The summed E-state index contributed by atoms with van der Waals surface area (Å²) >= 11 is 6.37. The molecule has 27 heavy (non-hydrogen) atoms. The highest BCUT2D eigenvalue weighted by molar-refractivity contribution is 7.99. The van der Waals surface area contributed by atoms with Crippen molar-refractivity contribution in [1.29, 1.82) is 0 Å². The first-order chi connectivity index (χ1) is 12.8. The van der Waals surface area contributed by atoms with Crippen molar-refractivity contribution in [2.75, 3.05) is 19.1 Å². The number of alkyl halides is 2. The predicted molar refractivity (Wildman–Crippen MR) is 106 cm³/mol. The average Bonchev–Trinajstić information content (AvgIpc) is 2.92. The largest absolute Gasteiger partial charge is 0.383 e. The van der Waals surface area contributed by atoms with E-state index >= 15 is 0 Å². The summed E-state index contributed by atoms with van der Waals surface area (Å²) in [7, 11) is 3.60. The standard InChI is InChI=1S/C19H16ClF2N3OS/c1-24(2)11-16-17(12-4-3-5-15(10-12)27-19(21)22)23-25(18(16)26)14-8-6-13(20)7-9-14/h3-11,19H,1-2H3. The van der Waals surface area contributed by atoms with Crippen LogP contribution in [0.1, 0.15) is 5.56 Å². The fourth-order valence-electron chi connectivity index (χ4n) is 2.58. The van der Waals surface area contributed by atoms with Crippen LogP contribution >= 0.6 is 23.4 Å². The maximum Gasteiger partial charge on any atom is 0.288 e. The van der Waals surface area contributed by atoms with Gasteiger partial charge in [-0.25, -0.2) is 0 Å². The highest BCUT2D eigenvalue weighted by atomic mass is 35.5. The van der Waals surface area contributed by atoms with Crippen LogP contribution in [0.25, 0.3) is 0 Å². The fourth-order valence-corrected chi connectivity index (χ4v) is 3.26. The maximum absolute atomic E-state index is 12.9. The van der Waals surface area contributed by atoms with Gasteiger partial charge >= 0.3 is 0 Å². The van der Waals surface area contributed by atoms with E-state index in [4.69, 9.17) is 11.6 Å². The van der Waals surface area contributed by atoms with E-state index in [1.807, 2.05) is 0 Å². The van der Waals surface area contributed by atoms with Gasteiger partial charge in [-0.05, 0) is 36.4 Å². The number of nitrogens with zero attached hydrogens (tertiary/aromatic N) is 3. The summed E-state index contributed by atoms with van der Waals surface area (Å²) in [6, 6.07) is 13.4. The van der Waals surface area contributed by atoms with Gasteiger partial charge in [0.05, 0.1) is 11.3 Å². The smallest absolute Gasteiger partial charge is 0.288 e. The van der Waals surface area contributed by atoms with Crippen LogP contribution < -0.4 is 5.01 Å². The number of halogens is 3. The molecular formula is C19H16ClF2N3OS. The summed E-state index contributed by atoms with van der Waals surface area (Å²) in [4.78, 5) is 15.1. The summed E-state index contributed by atoms with van der Waals surface area (Å²) in [6.07, 6.45) is 1.67. The average molecular weight is 408 g/mol. The van der Waals surface area contributed by atoms with Gasteiger partial charge in [-0.2, -0.15) is 18.9 Å². The van der Waals surface area contributed by atoms with Crippen molar-refractivity contribution < 1.29 is 13.6 Å². The third kappa shape index (κ3) is 4.48. The molecule has 0 radical (unpaired) electrons. The number of thioether (sulfide) groups is 1. The Morgan fingerprint density at radius 3 is 2.52 bits per heavy atom. The van der Waals surface area contributed by atoms with Crippen LogP contribution in [0.15, 0.2) is 70.3 Å². The number of amides is 1. The number of anilines is 1. The van der Waals surface area contributed by atoms with Crippen LogP contribution in [-0.2, 0) is 4.79 Å². The number of hydrazone groups is 1. The lowest BCUT2D eigenvalue weighted by atomic mass is 10.0. The van der Waals surface area contributed by atoms with Crippen molar-refractivity contribution in [2.45, 2.75) is 10.7 Å². The van der Waals surface area contributed by atoms with Gasteiger partial charge in [0.25, 0.3) is 11.7 Å². The van der Waals surface area contributed by atoms with E-state index in [1.165, 1.54) is 5.01 Å². The molecule has 0 bridgehead atoms. The highest BCUT2D eigenvalue weighted by Gasteiger charge is 2.32. The summed E-state index contributed by atoms with van der Waals surface area (Å²) < 4.78 is 25.4. The molecule has 0 N–H and O–H groups in total. The predicted octanol–water partition coefficient (Wildman–Crippen LogP) is 4.85. The van der Waals surface area contributed by atoms with E-state index in [-0.39, 0.29) is 5.91 Å². The Hall–Kier alpha value is -2.38. The molecule has 0 saturated carbocycles. The second-order valence-electron chi connectivity index (χ2n) is 5.95. The first-order valence-electron chi connectivity index (χ1n) is 7.97. The monoisotopic (exact) mass is 407 g/mol. The van der Waals surface area contributed by atoms with E-state index in [0.717, 1.165) is 0 Å². The summed E-state index contributed by atoms with van der Waals surface area (Å²) in [5.74, 6) is -2.82. The van der Waals surface area contributed by atoms with Crippen LogP contribution in [0.4, 0.5) is 14.5 Å². The Bertz CT molecular complexity index is 913. The van der Waals surface area contributed by atoms with Crippen LogP contribution in [0.5, 0.6) is 0 Å². The van der Waals surface area contributed by atoms with Gasteiger partial charge in [0.2, 0.25) is 0 Å². The molecule has 2 aromatic carbocycles. The van der Waals surface area contributed by atoms with Crippen molar-refractivity contribution in [3.05, 3.63) is 70.9 Å². The second-order valence-corrected chi connectivity index (χ2v) is 7.45. The molecule has 1 aliphatic heterocycles. The van der Waals surface area contributed by atoms with Gasteiger partial charge in [0.15, 0.2) is 0 Å². The number of hydrogen-bond acceptors (Lipinski definition) is 4. The second kappa shape index (κ2) is 8.10. The normalized spacial score (nSPS) is 15.6. The molecule has 0 fully saturated rings. The zero-order valence-electron chi connectivity index (χ0n) is 14.6. The zero-order chi connectivity index (χ0) is 19.6. The zero-order valence-corrected chi connectivity index (χ0v) is 16.1. The van der Waals surface area contributed by atoms with Crippen LogP contribution in [0, 0.1) is 0 Å². The van der Waals surface area contributed by atoms with Gasteiger partial charge in [-0.3, -0.25) is 4.79 Å². The number of carbonyl (C=O) groups is 1. The third-order valence-electron chi connectivity index (χ3n) is 3.67. The van der Waals surface area contributed by atoms with E-state index < -0.39 is 5.76 Å². The first kappa shape index (κ1) is 19.4.